The number of fused-ring (bicyclic) bond motifs is 1. The van der Waals surface area contributed by atoms with Crippen molar-refractivity contribution in [1.29, 1.82) is 0 Å². The minimum atomic E-state index is -0.269. The zero-order valence-electron chi connectivity index (χ0n) is 14.2. The summed E-state index contributed by atoms with van der Waals surface area (Å²) in [7, 11) is 1.68. The molecule has 1 aliphatic rings. The van der Waals surface area contributed by atoms with Gasteiger partial charge >= 0.3 is 0 Å². The fraction of sp³-hybridized carbons (Fsp3) is 0.250. The average Bonchev–Trinajstić information content (AvgIpc) is 2.68. The molecule has 1 aromatic heterocycles. The molecule has 0 aliphatic carbocycles. The Bertz CT molecular complexity index is 891. The topological polar surface area (TPSA) is 28.6 Å². The zero-order chi connectivity index (χ0) is 17.2. The van der Waals surface area contributed by atoms with Gasteiger partial charge in [-0.25, -0.2) is 9.37 Å². The van der Waals surface area contributed by atoms with E-state index in [0.717, 1.165) is 48.8 Å². The summed E-state index contributed by atoms with van der Waals surface area (Å²) in [5.41, 5.74) is 1.60. The summed E-state index contributed by atoms with van der Waals surface area (Å²) in [6.45, 7) is 3.49. The second-order valence-corrected chi connectivity index (χ2v) is 6.16. The second-order valence-electron chi connectivity index (χ2n) is 6.16. The first kappa shape index (κ1) is 15.7. The van der Waals surface area contributed by atoms with Gasteiger partial charge in [0.1, 0.15) is 22.9 Å². The number of rotatable bonds is 3. The van der Waals surface area contributed by atoms with Gasteiger partial charge in [0.2, 0.25) is 0 Å². The molecule has 2 aromatic carbocycles. The SMILES string of the molecule is COc1cccc(N2CCN(c3ccc4cccc(F)c4n3)CC2)c1. The van der Waals surface area contributed by atoms with E-state index in [4.69, 9.17) is 4.74 Å². The molecular weight excluding hydrogens is 317 g/mol. The smallest absolute Gasteiger partial charge is 0.149 e. The fourth-order valence-corrected chi connectivity index (χ4v) is 3.28. The summed E-state index contributed by atoms with van der Waals surface area (Å²) >= 11 is 0. The van der Waals surface area contributed by atoms with E-state index in [1.807, 2.05) is 30.3 Å². The van der Waals surface area contributed by atoms with E-state index in [0.29, 0.717) is 5.52 Å². The lowest BCUT2D eigenvalue weighted by Gasteiger charge is -2.36. The molecule has 0 amide bonds. The van der Waals surface area contributed by atoms with E-state index in [1.54, 1.807) is 13.2 Å². The van der Waals surface area contributed by atoms with Crippen molar-refractivity contribution >= 4 is 22.4 Å². The molecule has 0 bridgehead atoms. The highest BCUT2D eigenvalue weighted by molar-refractivity contribution is 5.80. The molecule has 4 rings (SSSR count). The van der Waals surface area contributed by atoms with E-state index in [-0.39, 0.29) is 5.82 Å². The molecule has 0 saturated carbocycles. The van der Waals surface area contributed by atoms with Crippen LogP contribution in [0, 0.1) is 5.82 Å². The van der Waals surface area contributed by atoms with Gasteiger partial charge in [-0.1, -0.05) is 18.2 Å². The van der Waals surface area contributed by atoms with Crippen LogP contribution in [0.3, 0.4) is 0 Å². The van der Waals surface area contributed by atoms with Gasteiger partial charge in [-0.3, -0.25) is 0 Å². The Balaban J connectivity index is 1.51. The summed E-state index contributed by atoms with van der Waals surface area (Å²) in [6.07, 6.45) is 0. The molecule has 2 heterocycles. The maximum absolute atomic E-state index is 14.0. The third-order valence-corrected chi connectivity index (χ3v) is 4.68. The molecule has 0 radical (unpaired) electrons. The number of benzene rings is 2. The van der Waals surface area contributed by atoms with Gasteiger partial charge in [-0.15, -0.1) is 0 Å². The van der Waals surface area contributed by atoms with Gasteiger partial charge in [-0.2, -0.15) is 0 Å². The number of anilines is 2. The molecule has 1 fully saturated rings. The molecule has 1 saturated heterocycles. The minimum absolute atomic E-state index is 0.269. The van der Waals surface area contributed by atoms with E-state index in [2.05, 4.69) is 26.9 Å². The van der Waals surface area contributed by atoms with Crippen LogP contribution in [0.2, 0.25) is 0 Å². The maximum atomic E-state index is 14.0. The van der Waals surface area contributed by atoms with E-state index in [1.165, 1.54) is 6.07 Å². The number of hydrogen-bond acceptors (Lipinski definition) is 4. The number of ether oxygens (including phenoxy) is 1. The van der Waals surface area contributed by atoms with Crippen LogP contribution in [0.4, 0.5) is 15.9 Å². The average molecular weight is 337 g/mol. The third-order valence-electron chi connectivity index (χ3n) is 4.68. The number of piperazine rings is 1. The summed E-state index contributed by atoms with van der Waals surface area (Å²) in [4.78, 5) is 9.08. The molecule has 0 N–H and O–H groups in total. The van der Waals surface area contributed by atoms with Crippen molar-refractivity contribution in [3.05, 3.63) is 60.4 Å². The number of aromatic nitrogens is 1. The van der Waals surface area contributed by atoms with Gasteiger partial charge < -0.3 is 14.5 Å². The highest BCUT2D eigenvalue weighted by Crippen LogP contribution is 2.25. The third kappa shape index (κ3) is 3.09. The molecule has 3 aromatic rings. The Morgan fingerprint density at radius 3 is 2.48 bits per heavy atom. The van der Waals surface area contributed by atoms with Gasteiger partial charge in [0, 0.05) is 43.3 Å². The quantitative estimate of drug-likeness (QED) is 0.728. The summed E-state index contributed by atoms with van der Waals surface area (Å²) in [5, 5.41) is 0.832. The molecule has 5 heteroatoms. The van der Waals surface area contributed by atoms with E-state index in [9.17, 15) is 4.39 Å². The summed E-state index contributed by atoms with van der Waals surface area (Å²) < 4.78 is 19.3. The van der Waals surface area contributed by atoms with Crippen molar-refractivity contribution in [2.24, 2.45) is 0 Å². The van der Waals surface area contributed by atoms with Crippen LogP contribution in [0.15, 0.2) is 54.6 Å². The van der Waals surface area contributed by atoms with Gasteiger partial charge in [0.15, 0.2) is 0 Å². The molecule has 0 atom stereocenters. The number of nitrogens with zero attached hydrogens (tertiary/aromatic N) is 3. The number of pyridine rings is 1. The molecule has 128 valence electrons. The Morgan fingerprint density at radius 1 is 0.920 bits per heavy atom. The Morgan fingerprint density at radius 2 is 1.68 bits per heavy atom. The highest BCUT2D eigenvalue weighted by Gasteiger charge is 2.19. The first-order valence-electron chi connectivity index (χ1n) is 8.44. The predicted molar refractivity (Wildman–Crippen MR) is 99.1 cm³/mol. The monoisotopic (exact) mass is 337 g/mol. The lowest BCUT2D eigenvalue weighted by atomic mass is 10.2. The van der Waals surface area contributed by atoms with Crippen LogP contribution < -0.4 is 14.5 Å². The molecule has 0 unspecified atom stereocenters. The van der Waals surface area contributed by atoms with Gasteiger partial charge in [0.05, 0.1) is 7.11 Å². The van der Waals surface area contributed by atoms with Crippen LogP contribution in [0.5, 0.6) is 5.75 Å². The summed E-state index contributed by atoms with van der Waals surface area (Å²) in [6, 6.07) is 17.1. The highest BCUT2D eigenvalue weighted by atomic mass is 19.1. The van der Waals surface area contributed by atoms with Crippen molar-refractivity contribution in [1.82, 2.24) is 4.98 Å². The van der Waals surface area contributed by atoms with Crippen molar-refractivity contribution in [2.75, 3.05) is 43.1 Å². The lowest BCUT2D eigenvalue weighted by Crippen LogP contribution is -2.46. The molecular formula is C20H20FN3O. The minimum Gasteiger partial charge on any atom is -0.497 e. The molecule has 4 nitrogen and oxygen atoms in total. The number of halogens is 1. The fourth-order valence-electron chi connectivity index (χ4n) is 3.28. The van der Waals surface area contributed by atoms with Crippen molar-refractivity contribution in [3.8, 4) is 5.75 Å². The van der Waals surface area contributed by atoms with Crippen molar-refractivity contribution in [3.63, 3.8) is 0 Å². The number of para-hydroxylation sites is 1. The van der Waals surface area contributed by atoms with Crippen molar-refractivity contribution < 1.29 is 9.13 Å². The van der Waals surface area contributed by atoms with Gasteiger partial charge in [-0.05, 0) is 30.3 Å². The molecule has 0 spiro atoms. The molecule has 25 heavy (non-hydrogen) atoms. The van der Waals surface area contributed by atoms with E-state index < -0.39 is 0 Å². The van der Waals surface area contributed by atoms with Gasteiger partial charge in [0.25, 0.3) is 0 Å². The predicted octanol–water partition coefficient (Wildman–Crippen LogP) is 3.71. The van der Waals surface area contributed by atoms with E-state index >= 15 is 0 Å². The summed E-state index contributed by atoms with van der Waals surface area (Å²) in [5.74, 6) is 1.43. The normalized spacial score (nSPS) is 14.8. The van der Waals surface area contributed by atoms with Crippen LogP contribution >= 0.6 is 0 Å². The Labute approximate surface area is 146 Å². The maximum Gasteiger partial charge on any atom is 0.149 e. The first-order chi connectivity index (χ1) is 12.2. The zero-order valence-corrected chi connectivity index (χ0v) is 14.2. The first-order valence-corrected chi connectivity index (χ1v) is 8.44. The Kier molecular flexibility index (Phi) is 4.14. The number of methoxy groups -OCH3 is 1. The van der Waals surface area contributed by atoms with Crippen LogP contribution in [-0.2, 0) is 0 Å². The largest absolute Gasteiger partial charge is 0.497 e. The Hall–Kier alpha value is -2.82. The number of hydrogen-bond donors (Lipinski definition) is 0. The van der Waals surface area contributed by atoms with Crippen LogP contribution in [0.1, 0.15) is 0 Å². The second kappa shape index (κ2) is 6.59. The molecule has 1 aliphatic heterocycles. The van der Waals surface area contributed by atoms with Crippen molar-refractivity contribution in [2.45, 2.75) is 0 Å². The van der Waals surface area contributed by atoms with Crippen LogP contribution in [-0.4, -0.2) is 38.3 Å². The standard InChI is InChI=1S/C20H20FN3O/c1-25-17-6-3-5-16(14-17)23-10-12-24(13-11-23)19-9-8-15-4-2-7-18(21)20(15)22-19/h2-9,14H,10-13H2,1H3. The lowest BCUT2D eigenvalue weighted by molar-refractivity contribution is 0.414. The van der Waals surface area contributed by atoms with Crippen LogP contribution in [0.25, 0.3) is 10.9 Å².